The van der Waals surface area contributed by atoms with E-state index in [-0.39, 0.29) is 0 Å². The van der Waals surface area contributed by atoms with Crippen LogP contribution in [0.4, 0.5) is 0 Å². The van der Waals surface area contributed by atoms with Crippen LogP contribution in [0.1, 0.15) is 38.2 Å². The van der Waals surface area contributed by atoms with Crippen molar-refractivity contribution in [3.05, 3.63) is 42.0 Å². The highest BCUT2D eigenvalue weighted by atomic mass is 16.5. The third kappa shape index (κ3) is 7.31. The molecule has 0 bridgehead atoms. The zero-order valence-electron chi connectivity index (χ0n) is 12.5. The van der Waals surface area contributed by atoms with Gasteiger partial charge in [-0.3, -0.25) is 0 Å². The van der Waals surface area contributed by atoms with Gasteiger partial charge in [-0.05, 0) is 24.1 Å². The maximum atomic E-state index is 9.73. The van der Waals surface area contributed by atoms with Crippen molar-refractivity contribution in [3.8, 4) is 5.75 Å². The van der Waals surface area contributed by atoms with Gasteiger partial charge in [-0.2, -0.15) is 0 Å². The highest BCUT2D eigenvalue weighted by molar-refractivity contribution is 5.26. The van der Waals surface area contributed by atoms with E-state index in [1.807, 2.05) is 30.3 Å². The number of aliphatic hydroxyl groups is 1. The predicted molar refractivity (Wildman–Crippen MR) is 81.9 cm³/mol. The van der Waals surface area contributed by atoms with Crippen molar-refractivity contribution >= 4 is 0 Å². The first-order valence-corrected chi connectivity index (χ1v) is 7.31. The number of aliphatic hydroxyl groups excluding tert-OH is 1. The van der Waals surface area contributed by atoms with Gasteiger partial charge in [0, 0.05) is 13.0 Å². The van der Waals surface area contributed by atoms with Crippen molar-refractivity contribution in [3.63, 3.8) is 0 Å². The molecule has 0 aliphatic heterocycles. The molecule has 0 saturated carbocycles. The molecule has 0 aliphatic carbocycles. The van der Waals surface area contributed by atoms with Crippen LogP contribution in [0.3, 0.4) is 0 Å². The van der Waals surface area contributed by atoms with Gasteiger partial charge in [0.25, 0.3) is 0 Å². The van der Waals surface area contributed by atoms with Crippen LogP contribution in [0.5, 0.6) is 5.75 Å². The van der Waals surface area contributed by atoms with Gasteiger partial charge < -0.3 is 14.6 Å². The molecule has 0 aliphatic rings. The molecular formula is C17H26O3. The maximum Gasteiger partial charge on any atom is 0.118 e. The van der Waals surface area contributed by atoms with Crippen molar-refractivity contribution in [2.24, 2.45) is 0 Å². The largest absolute Gasteiger partial charge is 0.497 e. The molecule has 3 heteroatoms. The smallest absolute Gasteiger partial charge is 0.118 e. The van der Waals surface area contributed by atoms with Crippen molar-refractivity contribution < 1.29 is 14.6 Å². The number of hydrogen-bond donors (Lipinski definition) is 1. The Morgan fingerprint density at radius 2 is 2.00 bits per heavy atom. The summed E-state index contributed by atoms with van der Waals surface area (Å²) in [6.07, 6.45) is 7.56. The van der Waals surface area contributed by atoms with Crippen molar-refractivity contribution in [2.45, 2.75) is 45.3 Å². The van der Waals surface area contributed by atoms with Gasteiger partial charge in [0.15, 0.2) is 0 Å². The summed E-state index contributed by atoms with van der Waals surface area (Å²) in [5, 5.41) is 9.73. The number of benzene rings is 1. The number of methoxy groups -OCH3 is 1. The minimum Gasteiger partial charge on any atom is -0.497 e. The fourth-order valence-corrected chi connectivity index (χ4v) is 1.79. The lowest BCUT2D eigenvalue weighted by Crippen LogP contribution is -2.07. The lowest BCUT2D eigenvalue weighted by Gasteiger charge is -2.07. The Kier molecular flexibility index (Phi) is 8.76. The van der Waals surface area contributed by atoms with Gasteiger partial charge in [-0.1, -0.05) is 44.1 Å². The Morgan fingerprint density at radius 3 is 2.65 bits per heavy atom. The summed E-state index contributed by atoms with van der Waals surface area (Å²) in [6, 6.07) is 7.81. The summed E-state index contributed by atoms with van der Waals surface area (Å²) >= 11 is 0. The first-order chi connectivity index (χ1) is 9.76. The molecule has 1 aromatic rings. The summed E-state index contributed by atoms with van der Waals surface area (Å²) in [5.41, 5.74) is 1.11. The Labute approximate surface area is 122 Å². The third-order valence-electron chi connectivity index (χ3n) is 3.07. The second-order valence-electron chi connectivity index (χ2n) is 4.83. The summed E-state index contributed by atoms with van der Waals surface area (Å²) in [4.78, 5) is 0. The van der Waals surface area contributed by atoms with Crippen molar-refractivity contribution in [2.75, 3.05) is 13.7 Å². The monoisotopic (exact) mass is 278 g/mol. The molecule has 0 saturated heterocycles. The lowest BCUT2D eigenvalue weighted by atomic mass is 10.2. The molecular weight excluding hydrogens is 252 g/mol. The van der Waals surface area contributed by atoms with Gasteiger partial charge in [-0.25, -0.2) is 0 Å². The van der Waals surface area contributed by atoms with E-state index in [1.54, 1.807) is 7.11 Å². The van der Waals surface area contributed by atoms with Crippen molar-refractivity contribution in [1.29, 1.82) is 0 Å². The van der Waals surface area contributed by atoms with Gasteiger partial charge in [0.05, 0.1) is 19.8 Å². The number of hydrogen-bond acceptors (Lipinski definition) is 3. The lowest BCUT2D eigenvalue weighted by molar-refractivity contribution is 0.0882. The van der Waals surface area contributed by atoms with Crippen LogP contribution in [0.15, 0.2) is 36.4 Å². The van der Waals surface area contributed by atoms with E-state index in [1.165, 1.54) is 12.8 Å². The molecule has 0 fully saturated rings. The van der Waals surface area contributed by atoms with Crippen molar-refractivity contribution in [1.82, 2.24) is 0 Å². The summed E-state index contributed by atoms with van der Waals surface area (Å²) in [5.74, 6) is 0.849. The van der Waals surface area contributed by atoms with Crippen LogP contribution in [0.25, 0.3) is 0 Å². The molecule has 20 heavy (non-hydrogen) atoms. The van der Waals surface area contributed by atoms with E-state index in [0.717, 1.165) is 17.7 Å². The summed E-state index contributed by atoms with van der Waals surface area (Å²) in [7, 11) is 1.65. The Balaban J connectivity index is 2.12. The number of allylic oxidation sites excluding steroid dienone is 1. The minimum atomic E-state index is -0.400. The van der Waals surface area contributed by atoms with E-state index < -0.39 is 6.10 Å². The topological polar surface area (TPSA) is 38.7 Å². The fraction of sp³-hybridized carbons (Fsp3) is 0.529. The van der Waals surface area contributed by atoms with Gasteiger partial charge in [0.1, 0.15) is 5.75 Å². The number of unbranched alkanes of at least 4 members (excludes halogenated alkanes) is 2. The Hall–Kier alpha value is -1.32. The zero-order chi connectivity index (χ0) is 14.6. The van der Waals surface area contributed by atoms with E-state index in [0.29, 0.717) is 19.6 Å². The first-order valence-electron chi connectivity index (χ1n) is 7.31. The van der Waals surface area contributed by atoms with Gasteiger partial charge in [-0.15, -0.1) is 0 Å². The molecule has 0 heterocycles. The van der Waals surface area contributed by atoms with Crippen LogP contribution >= 0.6 is 0 Å². The molecule has 1 atom stereocenters. The van der Waals surface area contributed by atoms with E-state index in [9.17, 15) is 5.11 Å². The normalized spacial score (nSPS) is 12.8. The quantitative estimate of drug-likeness (QED) is 0.524. The molecule has 112 valence electrons. The molecule has 0 aromatic heterocycles. The fourth-order valence-electron chi connectivity index (χ4n) is 1.79. The SMILES string of the molecule is CCCC/C=C/[C@@H](O)CCOCc1ccc(OC)cc1. The molecule has 1 aromatic carbocycles. The predicted octanol–water partition coefficient (Wildman–Crippen LogP) is 3.71. The van der Waals surface area contributed by atoms with Crippen LogP contribution in [-0.4, -0.2) is 24.9 Å². The van der Waals surface area contributed by atoms with Crippen LogP contribution in [0.2, 0.25) is 0 Å². The number of rotatable bonds is 10. The highest BCUT2D eigenvalue weighted by Gasteiger charge is 2.00. The zero-order valence-corrected chi connectivity index (χ0v) is 12.5. The highest BCUT2D eigenvalue weighted by Crippen LogP contribution is 2.12. The second-order valence-corrected chi connectivity index (χ2v) is 4.83. The molecule has 0 radical (unpaired) electrons. The maximum absolute atomic E-state index is 9.73. The van der Waals surface area contributed by atoms with Crippen LogP contribution < -0.4 is 4.74 Å². The standard InChI is InChI=1S/C17H26O3/c1-3-4-5-6-7-16(18)12-13-20-14-15-8-10-17(19-2)11-9-15/h6-11,16,18H,3-5,12-14H2,1-2H3/b7-6+/t16-/m1/s1. The van der Waals surface area contributed by atoms with Gasteiger partial charge in [0.2, 0.25) is 0 Å². The van der Waals surface area contributed by atoms with E-state index in [2.05, 4.69) is 13.0 Å². The van der Waals surface area contributed by atoms with E-state index in [4.69, 9.17) is 9.47 Å². The molecule has 1 rings (SSSR count). The molecule has 0 spiro atoms. The Morgan fingerprint density at radius 1 is 1.25 bits per heavy atom. The molecule has 0 unspecified atom stereocenters. The molecule has 1 N–H and O–H groups in total. The number of ether oxygens (including phenoxy) is 2. The van der Waals surface area contributed by atoms with E-state index >= 15 is 0 Å². The first kappa shape index (κ1) is 16.7. The second kappa shape index (κ2) is 10.5. The molecule has 0 amide bonds. The van der Waals surface area contributed by atoms with Crippen LogP contribution in [0, 0.1) is 0 Å². The average Bonchev–Trinajstić information content (AvgIpc) is 2.49. The average molecular weight is 278 g/mol. The summed E-state index contributed by atoms with van der Waals surface area (Å²) in [6.45, 7) is 3.29. The molecule has 3 nitrogen and oxygen atoms in total. The minimum absolute atomic E-state index is 0.400. The Bertz CT molecular complexity index is 370. The third-order valence-corrected chi connectivity index (χ3v) is 3.07. The van der Waals surface area contributed by atoms with Gasteiger partial charge >= 0.3 is 0 Å². The summed E-state index contributed by atoms with van der Waals surface area (Å²) < 4.78 is 10.7. The van der Waals surface area contributed by atoms with Crippen LogP contribution in [-0.2, 0) is 11.3 Å².